The molecule has 160 valence electrons. The van der Waals surface area contributed by atoms with Gasteiger partial charge in [0.2, 0.25) is 0 Å². The third kappa shape index (κ3) is 4.01. The molecule has 4 rings (SSSR count). The van der Waals surface area contributed by atoms with Gasteiger partial charge < -0.3 is 14.7 Å². The van der Waals surface area contributed by atoms with Gasteiger partial charge in [-0.1, -0.05) is 53.5 Å². The number of amides is 1. The van der Waals surface area contributed by atoms with E-state index >= 15 is 0 Å². The second-order valence-corrected chi connectivity index (χ2v) is 8.47. The van der Waals surface area contributed by atoms with Gasteiger partial charge in [-0.05, 0) is 48.4 Å². The number of rotatable bonds is 7. The molecule has 0 spiro atoms. The number of benzene rings is 3. The van der Waals surface area contributed by atoms with E-state index in [2.05, 4.69) is 0 Å². The smallest absolute Gasteiger partial charge is 0.264 e. The Balaban J connectivity index is 1.50. The normalized spacial score (nSPS) is 17.8. The molecule has 1 atom stereocenters. The summed E-state index contributed by atoms with van der Waals surface area (Å²) < 4.78 is 5.85. The van der Waals surface area contributed by atoms with Crippen molar-refractivity contribution < 1.29 is 19.4 Å². The lowest BCUT2D eigenvalue weighted by atomic mass is 9.90. The summed E-state index contributed by atoms with van der Waals surface area (Å²) in [5.41, 5.74) is -1.46. The largest absolute Gasteiger partial charge is 0.494 e. The van der Waals surface area contributed by atoms with E-state index in [1.54, 1.807) is 6.07 Å². The molecule has 0 radical (unpaired) electrons. The summed E-state index contributed by atoms with van der Waals surface area (Å²) in [6, 6.07) is 17.0. The number of carbonyl (C=O) groups excluding carboxylic acids is 2. The van der Waals surface area contributed by atoms with Gasteiger partial charge in [0.05, 0.1) is 17.3 Å². The molecule has 1 heterocycles. The molecular formula is C24H21Cl2NO4. The van der Waals surface area contributed by atoms with E-state index in [4.69, 9.17) is 27.9 Å². The summed E-state index contributed by atoms with van der Waals surface area (Å²) in [6.45, 7) is 1.95. The van der Waals surface area contributed by atoms with Crippen molar-refractivity contribution in [1.82, 2.24) is 0 Å². The van der Waals surface area contributed by atoms with E-state index in [-0.39, 0.29) is 29.3 Å². The number of halogens is 2. The summed E-state index contributed by atoms with van der Waals surface area (Å²) in [7, 11) is 0. The second kappa shape index (κ2) is 8.50. The van der Waals surface area contributed by atoms with Crippen LogP contribution in [0, 0.1) is 0 Å². The summed E-state index contributed by atoms with van der Waals surface area (Å²) in [5.74, 6) is -0.182. The molecule has 1 unspecified atom stereocenters. The minimum absolute atomic E-state index is 0.192. The monoisotopic (exact) mass is 457 g/mol. The van der Waals surface area contributed by atoms with E-state index < -0.39 is 11.5 Å². The third-order valence-electron chi connectivity index (χ3n) is 5.38. The van der Waals surface area contributed by atoms with Crippen LogP contribution in [-0.4, -0.2) is 29.9 Å². The zero-order chi connectivity index (χ0) is 22.2. The molecule has 31 heavy (non-hydrogen) atoms. The van der Waals surface area contributed by atoms with Gasteiger partial charge in [0.25, 0.3) is 5.91 Å². The summed E-state index contributed by atoms with van der Waals surface area (Å²) >= 11 is 12.6. The van der Waals surface area contributed by atoms with Crippen LogP contribution in [-0.2, 0) is 15.2 Å². The van der Waals surface area contributed by atoms with Crippen molar-refractivity contribution in [3.63, 3.8) is 0 Å². The quantitative estimate of drug-likeness (QED) is 0.499. The number of fused-ring (bicyclic) bond motifs is 2. The average Bonchev–Trinajstić information content (AvgIpc) is 2.95. The van der Waals surface area contributed by atoms with Crippen molar-refractivity contribution in [1.29, 1.82) is 0 Å². The summed E-state index contributed by atoms with van der Waals surface area (Å²) in [4.78, 5) is 26.2. The van der Waals surface area contributed by atoms with Crippen molar-refractivity contribution >= 4 is 51.4 Å². The Bertz CT molecular complexity index is 1180. The van der Waals surface area contributed by atoms with E-state index in [0.717, 1.165) is 16.5 Å². The number of hydrogen-bond acceptors (Lipinski definition) is 4. The third-order valence-corrected chi connectivity index (χ3v) is 6.00. The van der Waals surface area contributed by atoms with Crippen LogP contribution in [0.2, 0.25) is 10.0 Å². The maximum atomic E-state index is 13.1. The van der Waals surface area contributed by atoms with Gasteiger partial charge in [0.15, 0.2) is 5.60 Å². The molecule has 0 bridgehead atoms. The number of ether oxygens (including phenoxy) is 1. The fourth-order valence-corrected chi connectivity index (χ4v) is 4.61. The molecule has 5 nitrogen and oxygen atoms in total. The Labute approximate surface area is 190 Å². The van der Waals surface area contributed by atoms with Gasteiger partial charge in [-0.3, -0.25) is 9.59 Å². The molecule has 3 aromatic rings. The Morgan fingerprint density at radius 2 is 1.77 bits per heavy atom. The average molecular weight is 458 g/mol. The van der Waals surface area contributed by atoms with Crippen molar-refractivity contribution in [2.24, 2.45) is 0 Å². The maximum absolute atomic E-state index is 13.1. The van der Waals surface area contributed by atoms with Gasteiger partial charge in [0, 0.05) is 23.6 Å². The number of aliphatic hydroxyl groups is 1. The van der Waals surface area contributed by atoms with Crippen molar-refractivity contribution in [3.05, 3.63) is 70.2 Å². The molecule has 1 aliphatic rings. The highest BCUT2D eigenvalue weighted by atomic mass is 35.5. The molecule has 1 amide bonds. The van der Waals surface area contributed by atoms with Crippen LogP contribution in [0.15, 0.2) is 54.6 Å². The first-order valence-corrected chi connectivity index (χ1v) is 10.7. The van der Waals surface area contributed by atoms with Crippen molar-refractivity contribution in [2.75, 3.05) is 18.1 Å². The Hall–Kier alpha value is -2.60. The fraction of sp³-hybridized carbons (Fsp3) is 0.250. The molecule has 0 saturated heterocycles. The van der Waals surface area contributed by atoms with Crippen molar-refractivity contribution in [3.8, 4) is 5.75 Å². The summed E-state index contributed by atoms with van der Waals surface area (Å²) in [5, 5.41) is 13.8. The van der Waals surface area contributed by atoms with Crippen LogP contribution in [0.4, 0.5) is 5.69 Å². The maximum Gasteiger partial charge on any atom is 0.264 e. The molecule has 1 aliphatic heterocycles. The van der Waals surface area contributed by atoms with Gasteiger partial charge in [-0.2, -0.15) is 0 Å². The van der Waals surface area contributed by atoms with E-state index in [1.807, 2.05) is 42.5 Å². The van der Waals surface area contributed by atoms with Crippen LogP contribution in [0.25, 0.3) is 10.8 Å². The lowest BCUT2D eigenvalue weighted by Crippen LogP contribution is -2.42. The predicted octanol–water partition coefficient (Wildman–Crippen LogP) is 5.13. The standard InChI is InChI=1S/C24H21Cl2NO4/c1-15(28)14-24(30)21-19(25)9-10-20(26)22(21)27(23(24)29)11-4-12-31-18-8-7-16-5-2-3-6-17(16)13-18/h2-3,5-10,13,30H,4,11-12,14H2,1H3. The molecular weight excluding hydrogens is 437 g/mol. The molecule has 0 saturated carbocycles. The van der Waals surface area contributed by atoms with Crippen LogP contribution < -0.4 is 9.64 Å². The molecule has 3 aromatic carbocycles. The van der Waals surface area contributed by atoms with Crippen LogP contribution in [0.1, 0.15) is 25.3 Å². The van der Waals surface area contributed by atoms with E-state index in [0.29, 0.717) is 23.7 Å². The van der Waals surface area contributed by atoms with Gasteiger partial charge in [-0.25, -0.2) is 0 Å². The molecule has 0 aromatic heterocycles. The highest BCUT2D eigenvalue weighted by Gasteiger charge is 2.52. The first kappa shape index (κ1) is 21.6. The number of ketones is 1. The zero-order valence-corrected chi connectivity index (χ0v) is 18.4. The van der Waals surface area contributed by atoms with Crippen molar-refractivity contribution in [2.45, 2.75) is 25.4 Å². The SMILES string of the molecule is CC(=O)CC1(O)C(=O)N(CCCOc2ccc3ccccc3c2)c2c(Cl)ccc(Cl)c21. The molecule has 0 fully saturated rings. The Kier molecular flexibility index (Phi) is 5.93. The van der Waals surface area contributed by atoms with Gasteiger partial charge in [0.1, 0.15) is 11.5 Å². The highest BCUT2D eigenvalue weighted by molar-refractivity contribution is 6.38. The number of nitrogens with zero attached hydrogens (tertiary/aromatic N) is 1. The molecule has 0 aliphatic carbocycles. The predicted molar refractivity (Wildman–Crippen MR) is 122 cm³/mol. The Morgan fingerprint density at radius 3 is 2.52 bits per heavy atom. The number of carbonyl (C=O) groups is 2. The first-order chi connectivity index (χ1) is 14.8. The van der Waals surface area contributed by atoms with E-state index in [1.165, 1.54) is 17.9 Å². The van der Waals surface area contributed by atoms with Crippen LogP contribution in [0.3, 0.4) is 0 Å². The zero-order valence-electron chi connectivity index (χ0n) is 16.9. The van der Waals surface area contributed by atoms with Crippen LogP contribution >= 0.6 is 23.2 Å². The topological polar surface area (TPSA) is 66.8 Å². The minimum Gasteiger partial charge on any atom is -0.494 e. The lowest BCUT2D eigenvalue weighted by molar-refractivity contribution is -0.141. The number of Topliss-reactive ketones (excluding diaryl/α,β-unsaturated/α-hetero) is 1. The number of hydrogen-bond donors (Lipinski definition) is 1. The fourth-order valence-electron chi connectivity index (χ4n) is 4.04. The molecule has 1 N–H and O–H groups in total. The Morgan fingerprint density at radius 1 is 1.06 bits per heavy atom. The number of anilines is 1. The highest BCUT2D eigenvalue weighted by Crippen LogP contribution is 2.49. The minimum atomic E-state index is -2.01. The van der Waals surface area contributed by atoms with Crippen LogP contribution in [0.5, 0.6) is 5.75 Å². The second-order valence-electron chi connectivity index (χ2n) is 7.66. The summed E-state index contributed by atoms with van der Waals surface area (Å²) in [6.07, 6.45) is 0.139. The van der Waals surface area contributed by atoms with Gasteiger partial charge in [-0.15, -0.1) is 0 Å². The van der Waals surface area contributed by atoms with Gasteiger partial charge >= 0.3 is 0 Å². The first-order valence-electron chi connectivity index (χ1n) is 9.95. The van der Waals surface area contributed by atoms with E-state index in [9.17, 15) is 14.7 Å². The molecule has 7 heteroatoms. The lowest BCUT2D eigenvalue weighted by Gasteiger charge is -2.22.